The zero-order chi connectivity index (χ0) is 10.8. The maximum absolute atomic E-state index is 11.2. The lowest BCUT2D eigenvalue weighted by atomic mass is 10.1. The summed E-state index contributed by atoms with van der Waals surface area (Å²) in [5.74, 6) is 0.774. The standard InChI is InChI=1S/C12H14N2O/c1-8-4-3-5-10(6-8)7-11-13-9(2)12(15)14-11/h3-6,9H,7H2,1-2H3,(H,13,14,15). The van der Waals surface area contributed by atoms with Crippen LogP contribution in [-0.2, 0) is 11.2 Å². The van der Waals surface area contributed by atoms with Crippen LogP contribution in [0.15, 0.2) is 29.3 Å². The number of rotatable bonds is 2. The largest absolute Gasteiger partial charge is 0.312 e. The Hall–Kier alpha value is -1.64. The summed E-state index contributed by atoms with van der Waals surface area (Å²) in [5, 5.41) is 2.78. The van der Waals surface area contributed by atoms with Crippen LogP contribution in [0.3, 0.4) is 0 Å². The van der Waals surface area contributed by atoms with Crippen LogP contribution in [0.1, 0.15) is 18.1 Å². The minimum Gasteiger partial charge on any atom is -0.312 e. The first-order valence-corrected chi connectivity index (χ1v) is 5.08. The minimum atomic E-state index is -0.232. The molecule has 0 fully saturated rings. The molecule has 3 heteroatoms. The van der Waals surface area contributed by atoms with Gasteiger partial charge in [0.25, 0.3) is 0 Å². The highest BCUT2D eigenvalue weighted by molar-refractivity contribution is 6.06. The summed E-state index contributed by atoms with van der Waals surface area (Å²) in [4.78, 5) is 15.5. The summed E-state index contributed by atoms with van der Waals surface area (Å²) in [6, 6.07) is 8.00. The molecule has 0 spiro atoms. The zero-order valence-electron chi connectivity index (χ0n) is 8.95. The number of hydrogen-bond acceptors (Lipinski definition) is 2. The lowest BCUT2D eigenvalue weighted by Crippen LogP contribution is -2.28. The lowest BCUT2D eigenvalue weighted by molar-refractivity contribution is -0.119. The van der Waals surface area contributed by atoms with Crippen LogP contribution in [0.25, 0.3) is 0 Å². The van der Waals surface area contributed by atoms with Gasteiger partial charge in [0.1, 0.15) is 11.9 Å². The van der Waals surface area contributed by atoms with E-state index in [1.54, 1.807) is 6.92 Å². The van der Waals surface area contributed by atoms with E-state index in [-0.39, 0.29) is 11.9 Å². The molecule has 1 heterocycles. The third kappa shape index (κ3) is 2.24. The van der Waals surface area contributed by atoms with Crippen LogP contribution in [0, 0.1) is 6.92 Å². The van der Waals surface area contributed by atoms with Crippen molar-refractivity contribution in [2.75, 3.05) is 0 Å². The Morgan fingerprint density at radius 2 is 2.27 bits per heavy atom. The van der Waals surface area contributed by atoms with Gasteiger partial charge >= 0.3 is 0 Å². The number of carbonyl (C=O) groups excluding carboxylic acids is 1. The molecule has 0 aromatic heterocycles. The van der Waals surface area contributed by atoms with Crippen LogP contribution in [0.2, 0.25) is 0 Å². The Kier molecular flexibility index (Phi) is 2.54. The molecule has 1 aromatic rings. The van der Waals surface area contributed by atoms with E-state index in [0.29, 0.717) is 6.42 Å². The fourth-order valence-corrected chi connectivity index (χ4v) is 1.68. The molecule has 1 aliphatic rings. The number of amides is 1. The predicted molar refractivity (Wildman–Crippen MR) is 59.9 cm³/mol. The van der Waals surface area contributed by atoms with E-state index in [9.17, 15) is 4.79 Å². The second-order valence-electron chi connectivity index (χ2n) is 3.91. The van der Waals surface area contributed by atoms with Crippen molar-refractivity contribution in [2.24, 2.45) is 4.99 Å². The van der Waals surface area contributed by atoms with Gasteiger partial charge in [0, 0.05) is 6.42 Å². The van der Waals surface area contributed by atoms with E-state index in [0.717, 1.165) is 5.84 Å². The highest BCUT2D eigenvalue weighted by Crippen LogP contribution is 2.08. The number of carbonyl (C=O) groups is 1. The smallest absolute Gasteiger partial charge is 0.249 e. The average Bonchev–Trinajstić information content (AvgIpc) is 2.45. The molecule has 2 rings (SSSR count). The molecule has 1 N–H and O–H groups in total. The molecule has 0 aliphatic carbocycles. The normalized spacial score (nSPS) is 20.0. The maximum Gasteiger partial charge on any atom is 0.249 e. The van der Waals surface area contributed by atoms with E-state index in [1.807, 2.05) is 12.1 Å². The van der Waals surface area contributed by atoms with Crippen molar-refractivity contribution >= 4 is 11.7 Å². The lowest BCUT2D eigenvalue weighted by Gasteiger charge is -2.02. The third-order valence-electron chi connectivity index (χ3n) is 2.45. The summed E-state index contributed by atoms with van der Waals surface area (Å²) < 4.78 is 0. The van der Waals surface area contributed by atoms with Crippen molar-refractivity contribution in [1.29, 1.82) is 0 Å². The number of aryl methyl sites for hydroxylation is 1. The Morgan fingerprint density at radius 3 is 2.87 bits per heavy atom. The molecule has 3 nitrogen and oxygen atoms in total. The molecule has 1 aliphatic heterocycles. The number of hydrogen-bond donors (Lipinski definition) is 1. The van der Waals surface area contributed by atoms with Gasteiger partial charge in [0.05, 0.1) is 0 Å². The quantitative estimate of drug-likeness (QED) is 0.775. The van der Waals surface area contributed by atoms with E-state index in [2.05, 4.69) is 29.4 Å². The van der Waals surface area contributed by atoms with Crippen molar-refractivity contribution in [3.05, 3.63) is 35.4 Å². The van der Waals surface area contributed by atoms with Crippen molar-refractivity contribution in [2.45, 2.75) is 26.3 Å². The van der Waals surface area contributed by atoms with Crippen molar-refractivity contribution in [1.82, 2.24) is 5.32 Å². The Balaban J connectivity index is 2.10. The molecule has 1 aromatic carbocycles. The number of nitrogens with one attached hydrogen (secondary N) is 1. The van der Waals surface area contributed by atoms with E-state index < -0.39 is 0 Å². The summed E-state index contributed by atoms with van der Waals surface area (Å²) in [7, 11) is 0. The van der Waals surface area contributed by atoms with Crippen molar-refractivity contribution in [3.8, 4) is 0 Å². The average molecular weight is 202 g/mol. The van der Waals surface area contributed by atoms with Crippen molar-refractivity contribution < 1.29 is 4.79 Å². The Labute approximate surface area is 89.2 Å². The van der Waals surface area contributed by atoms with Gasteiger partial charge in [-0.25, -0.2) is 0 Å². The van der Waals surface area contributed by atoms with Gasteiger partial charge in [-0.05, 0) is 19.4 Å². The van der Waals surface area contributed by atoms with Crippen LogP contribution in [0.5, 0.6) is 0 Å². The maximum atomic E-state index is 11.2. The summed E-state index contributed by atoms with van der Waals surface area (Å²) >= 11 is 0. The molecular weight excluding hydrogens is 188 g/mol. The second kappa shape index (κ2) is 3.85. The number of amidine groups is 1. The predicted octanol–water partition coefficient (Wildman–Crippen LogP) is 1.45. The molecule has 0 bridgehead atoms. The number of nitrogens with zero attached hydrogens (tertiary/aromatic N) is 1. The van der Waals surface area contributed by atoms with Crippen LogP contribution in [-0.4, -0.2) is 17.8 Å². The number of aliphatic imine (C=N–C) groups is 1. The Bertz CT molecular complexity index is 423. The molecule has 1 unspecified atom stereocenters. The van der Waals surface area contributed by atoms with Crippen LogP contribution in [0.4, 0.5) is 0 Å². The number of benzene rings is 1. The second-order valence-corrected chi connectivity index (χ2v) is 3.91. The first-order valence-electron chi connectivity index (χ1n) is 5.08. The van der Waals surface area contributed by atoms with Crippen molar-refractivity contribution in [3.63, 3.8) is 0 Å². The monoisotopic (exact) mass is 202 g/mol. The van der Waals surface area contributed by atoms with E-state index >= 15 is 0 Å². The topological polar surface area (TPSA) is 41.5 Å². The molecule has 78 valence electrons. The first kappa shape index (κ1) is 9.90. The Morgan fingerprint density at radius 1 is 1.47 bits per heavy atom. The molecular formula is C12H14N2O. The fraction of sp³-hybridized carbons (Fsp3) is 0.333. The first-order chi connectivity index (χ1) is 7.15. The molecule has 1 amide bonds. The molecule has 15 heavy (non-hydrogen) atoms. The van der Waals surface area contributed by atoms with Gasteiger partial charge in [-0.1, -0.05) is 29.8 Å². The fourth-order valence-electron chi connectivity index (χ4n) is 1.68. The van der Waals surface area contributed by atoms with Gasteiger partial charge in [0.2, 0.25) is 5.91 Å². The minimum absolute atomic E-state index is 0.00217. The van der Waals surface area contributed by atoms with Crippen LogP contribution >= 0.6 is 0 Å². The van der Waals surface area contributed by atoms with Gasteiger partial charge < -0.3 is 5.32 Å². The highest BCUT2D eigenvalue weighted by Gasteiger charge is 2.21. The molecule has 0 saturated heterocycles. The highest BCUT2D eigenvalue weighted by atomic mass is 16.2. The molecule has 0 saturated carbocycles. The van der Waals surface area contributed by atoms with Gasteiger partial charge in [-0.15, -0.1) is 0 Å². The van der Waals surface area contributed by atoms with Gasteiger partial charge in [0.15, 0.2) is 0 Å². The third-order valence-corrected chi connectivity index (χ3v) is 2.45. The van der Waals surface area contributed by atoms with E-state index in [4.69, 9.17) is 0 Å². The van der Waals surface area contributed by atoms with E-state index in [1.165, 1.54) is 11.1 Å². The summed E-state index contributed by atoms with van der Waals surface area (Å²) in [5.41, 5.74) is 2.41. The van der Waals surface area contributed by atoms with Crippen LogP contribution < -0.4 is 5.32 Å². The zero-order valence-corrected chi connectivity index (χ0v) is 8.95. The van der Waals surface area contributed by atoms with Gasteiger partial charge in [-0.2, -0.15) is 0 Å². The summed E-state index contributed by atoms with van der Waals surface area (Å²) in [6.45, 7) is 3.86. The molecule has 1 atom stereocenters. The SMILES string of the molecule is Cc1cccc(CC2=NC(C)C(=O)N2)c1. The molecule has 0 radical (unpaired) electrons. The van der Waals surface area contributed by atoms with Gasteiger partial charge in [-0.3, -0.25) is 9.79 Å². The summed E-state index contributed by atoms with van der Waals surface area (Å²) in [6.07, 6.45) is 0.706.